The van der Waals surface area contributed by atoms with Crippen LogP contribution in [0.1, 0.15) is 6.92 Å². The topological polar surface area (TPSA) is 61.9 Å². The van der Waals surface area contributed by atoms with Crippen LogP contribution in [-0.2, 0) is 9.59 Å². The Hall–Kier alpha value is -2.24. The Morgan fingerprint density at radius 1 is 1.19 bits per heavy atom. The highest BCUT2D eigenvalue weighted by Gasteiger charge is 2.26. The molecule has 0 aliphatic carbocycles. The second-order valence-corrected chi connectivity index (χ2v) is 4.81. The van der Waals surface area contributed by atoms with Crippen LogP contribution in [0.15, 0.2) is 24.3 Å². The van der Waals surface area contributed by atoms with E-state index in [1.165, 1.54) is 0 Å². The van der Waals surface area contributed by atoms with E-state index in [9.17, 15) is 9.59 Å². The van der Waals surface area contributed by atoms with Gasteiger partial charge in [0.2, 0.25) is 0 Å². The number of methoxy groups -OCH3 is 1. The van der Waals surface area contributed by atoms with Gasteiger partial charge in [-0.1, -0.05) is 12.1 Å². The van der Waals surface area contributed by atoms with Gasteiger partial charge in [0.05, 0.1) is 12.8 Å². The van der Waals surface area contributed by atoms with Gasteiger partial charge in [0, 0.05) is 32.7 Å². The lowest BCUT2D eigenvalue weighted by molar-refractivity contribution is -0.146. The van der Waals surface area contributed by atoms with E-state index in [-0.39, 0.29) is 0 Å². The normalized spacial score (nSPS) is 14.8. The maximum absolute atomic E-state index is 11.9. The van der Waals surface area contributed by atoms with Gasteiger partial charge in [-0.15, -0.1) is 0 Å². The summed E-state index contributed by atoms with van der Waals surface area (Å²) in [6, 6.07) is 7.81. The quantitative estimate of drug-likeness (QED) is 0.823. The summed E-state index contributed by atoms with van der Waals surface area (Å²) in [4.78, 5) is 27.2. The number of benzene rings is 1. The first-order valence-corrected chi connectivity index (χ1v) is 7.12. The van der Waals surface area contributed by atoms with E-state index in [0.717, 1.165) is 11.4 Å². The average molecular weight is 291 g/mol. The van der Waals surface area contributed by atoms with Crippen LogP contribution in [0.25, 0.3) is 0 Å². The molecule has 6 heteroatoms. The number of carbonyl (C=O) groups is 2. The minimum atomic E-state index is -0.525. The second-order valence-electron chi connectivity index (χ2n) is 4.81. The molecule has 0 atom stereocenters. The highest BCUT2D eigenvalue weighted by atomic mass is 16.5. The van der Waals surface area contributed by atoms with E-state index in [1.54, 1.807) is 18.9 Å². The van der Waals surface area contributed by atoms with Gasteiger partial charge in [0.1, 0.15) is 5.75 Å². The Balaban J connectivity index is 1.97. The summed E-state index contributed by atoms with van der Waals surface area (Å²) in [5.41, 5.74) is 1.02. The highest BCUT2D eigenvalue weighted by molar-refractivity contribution is 6.35. The number of piperazine rings is 1. The fourth-order valence-electron chi connectivity index (χ4n) is 2.42. The molecule has 0 saturated carbocycles. The summed E-state index contributed by atoms with van der Waals surface area (Å²) >= 11 is 0. The first kappa shape index (κ1) is 15.2. The summed E-state index contributed by atoms with van der Waals surface area (Å²) in [5, 5.41) is 2.54. The van der Waals surface area contributed by atoms with Gasteiger partial charge in [0.15, 0.2) is 0 Å². The third kappa shape index (κ3) is 3.45. The van der Waals surface area contributed by atoms with E-state index >= 15 is 0 Å². The smallest absolute Gasteiger partial charge is 0.312 e. The van der Waals surface area contributed by atoms with Gasteiger partial charge in [-0.05, 0) is 19.1 Å². The number of ether oxygens (including phenoxy) is 1. The summed E-state index contributed by atoms with van der Waals surface area (Å²) in [6.07, 6.45) is 0. The molecule has 1 saturated heterocycles. The number of nitrogens with one attached hydrogen (secondary N) is 1. The summed E-state index contributed by atoms with van der Waals surface area (Å²) in [6.45, 7) is 4.70. The Morgan fingerprint density at radius 3 is 2.48 bits per heavy atom. The van der Waals surface area contributed by atoms with Gasteiger partial charge in [0.25, 0.3) is 0 Å². The zero-order valence-electron chi connectivity index (χ0n) is 12.5. The number of likely N-dealkylation sites (N-methyl/N-ethyl adjacent to an activating group) is 1. The van der Waals surface area contributed by atoms with E-state index < -0.39 is 11.8 Å². The Bertz CT molecular complexity index is 511. The van der Waals surface area contributed by atoms with Crippen molar-refractivity contribution in [1.29, 1.82) is 0 Å². The number of hydrogen-bond donors (Lipinski definition) is 1. The molecule has 0 unspecified atom stereocenters. The van der Waals surface area contributed by atoms with Crippen LogP contribution in [-0.4, -0.2) is 56.5 Å². The monoisotopic (exact) mass is 291 g/mol. The Labute approximate surface area is 124 Å². The minimum Gasteiger partial charge on any atom is -0.495 e. The third-order valence-electron chi connectivity index (χ3n) is 3.52. The van der Waals surface area contributed by atoms with E-state index in [4.69, 9.17) is 4.74 Å². The predicted octanol–water partition coefficient (Wildman–Crippen LogP) is 0.480. The fraction of sp³-hybridized carbons (Fsp3) is 0.467. The molecule has 1 heterocycles. The van der Waals surface area contributed by atoms with Gasteiger partial charge < -0.3 is 19.9 Å². The van der Waals surface area contributed by atoms with E-state index in [2.05, 4.69) is 10.2 Å². The molecule has 0 spiro atoms. The van der Waals surface area contributed by atoms with Gasteiger partial charge in [-0.25, -0.2) is 0 Å². The van der Waals surface area contributed by atoms with Crippen molar-refractivity contribution in [2.24, 2.45) is 0 Å². The highest BCUT2D eigenvalue weighted by Crippen LogP contribution is 2.28. The number of hydrogen-bond acceptors (Lipinski definition) is 4. The SMILES string of the molecule is CCNC(=O)C(=O)N1CCN(c2ccccc2OC)CC1. The number of para-hydroxylation sites is 2. The second kappa shape index (κ2) is 6.97. The summed E-state index contributed by atoms with van der Waals surface area (Å²) < 4.78 is 5.36. The van der Waals surface area contributed by atoms with Crippen LogP contribution < -0.4 is 15.0 Å². The van der Waals surface area contributed by atoms with Crippen molar-refractivity contribution in [3.05, 3.63) is 24.3 Å². The molecule has 1 N–H and O–H groups in total. The number of carbonyl (C=O) groups excluding carboxylic acids is 2. The molecule has 2 rings (SSSR count). The molecule has 21 heavy (non-hydrogen) atoms. The van der Waals surface area contributed by atoms with Crippen molar-refractivity contribution < 1.29 is 14.3 Å². The average Bonchev–Trinajstić information content (AvgIpc) is 2.54. The molecule has 0 radical (unpaired) electrons. The first-order valence-electron chi connectivity index (χ1n) is 7.12. The standard InChI is InChI=1S/C15H21N3O3/c1-3-16-14(19)15(20)18-10-8-17(9-11-18)12-6-4-5-7-13(12)21-2/h4-7H,3,8-11H2,1-2H3,(H,16,19). The van der Waals surface area contributed by atoms with Gasteiger partial charge >= 0.3 is 11.8 Å². The molecule has 1 fully saturated rings. The van der Waals surface area contributed by atoms with Crippen LogP contribution in [0, 0.1) is 0 Å². The van der Waals surface area contributed by atoms with Crippen molar-refractivity contribution in [3.8, 4) is 5.75 Å². The zero-order chi connectivity index (χ0) is 15.2. The number of amides is 2. The Morgan fingerprint density at radius 2 is 1.86 bits per heavy atom. The van der Waals surface area contributed by atoms with Crippen molar-refractivity contribution in [2.45, 2.75) is 6.92 Å². The number of rotatable bonds is 3. The summed E-state index contributed by atoms with van der Waals surface area (Å²) in [7, 11) is 1.65. The van der Waals surface area contributed by atoms with Crippen molar-refractivity contribution in [2.75, 3.05) is 44.7 Å². The molecule has 6 nitrogen and oxygen atoms in total. The predicted molar refractivity (Wildman–Crippen MR) is 80.5 cm³/mol. The molecule has 114 valence electrons. The van der Waals surface area contributed by atoms with Crippen molar-refractivity contribution >= 4 is 17.5 Å². The molecule has 0 bridgehead atoms. The van der Waals surface area contributed by atoms with Gasteiger partial charge in [-0.3, -0.25) is 9.59 Å². The van der Waals surface area contributed by atoms with Crippen molar-refractivity contribution in [3.63, 3.8) is 0 Å². The number of anilines is 1. The van der Waals surface area contributed by atoms with Crippen LogP contribution >= 0.6 is 0 Å². The van der Waals surface area contributed by atoms with E-state index in [0.29, 0.717) is 32.7 Å². The molecule has 1 aliphatic heterocycles. The van der Waals surface area contributed by atoms with E-state index in [1.807, 2.05) is 24.3 Å². The maximum Gasteiger partial charge on any atom is 0.312 e. The molecule has 2 amide bonds. The lowest BCUT2D eigenvalue weighted by Crippen LogP contribution is -2.52. The molecule has 1 aromatic rings. The third-order valence-corrected chi connectivity index (χ3v) is 3.52. The largest absolute Gasteiger partial charge is 0.495 e. The van der Waals surface area contributed by atoms with Crippen LogP contribution in [0.2, 0.25) is 0 Å². The lowest BCUT2D eigenvalue weighted by Gasteiger charge is -2.36. The van der Waals surface area contributed by atoms with Crippen molar-refractivity contribution in [1.82, 2.24) is 10.2 Å². The molecule has 1 aromatic carbocycles. The van der Waals surface area contributed by atoms with Gasteiger partial charge in [-0.2, -0.15) is 0 Å². The minimum absolute atomic E-state index is 0.448. The van der Waals surface area contributed by atoms with Crippen LogP contribution in [0.4, 0.5) is 5.69 Å². The molecule has 1 aliphatic rings. The Kier molecular flexibility index (Phi) is 5.03. The van der Waals surface area contributed by atoms with Crippen LogP contribution in [0.3, 0.4) is 0 Å². The number of nitrogens with zero attached hydrogens (tertiary/aromatic N) is 2. The fourth-order valence-corrected chi connectivity index (χ4v) is 2.42. The summed E-state index contributed by atoms with van der Waals surface area (Å²) in [5.74, 6) is -0.152. The molecular formula is C15H21N3O3. The zero-order valence-corrected chi connectivity index (χ0v) is 12.5. The lowest BCUT2D eigenvalue weighted by atomic mass is 10.2. The van der Waals surface area contributed by atoms with Crippen LogP contribution in [0.5, 0.6) is 5.75 Å². The molecule has 0 aromatic heterocycles. The molecular weight excluding hydrogens is 270 g/mol. The first-order chi connectivity index (χ1) is 10.2. The maximum atomic E-state index is 11.9.